The summed E-state index contributed by atoms with van der Waals surface area (Å²) in [6.07, 6.45) is 0. The molecule has 1 aromatic rings. The number of rotatable bonds is 5. The largest absolute Gasteiger partial charge is 0.480 e. The van der Waals surface area contributed by atoms with Gasteiger partial charge in [0.1, 0.15) is 0 Å². The Bertz CT molecular complexity index is 445. The lowest BCUT2D eigenvalue weighted by atomic mass is 9.97. The van der Waals surface area contributed by atoms with E-state index in [0.29, 0.717) is 19.1 Å². The second-order valence-corrected chi connectivity index (χ2v) is 5.45. The second-order valence-electron chi connectivity index (χ2n) is 5.45. The molecule has 0 bridgehead atoms. The Morgan fingerprint density at radius 1 is 1.47 bits per heavy atom. The van der Waals surface area contributed by atoms with Crippen LogP contribution in [0.1, 0.15) is 31.0 Å². The van der Waals surface area contributed by atoms with E-state index < -0.39 is 5.97 Å². The number of carboxylic acid groups (broad SMARTS) is 1. The number of benzene rings is 1. The predicted octanol–water partition coefficient (Wildman–Crippen LogP) is 2.30. The van der Waals surface area contributed by atoms with Gasteiger partial charge in [0.15, 0.2) is 0 Å². The Labute approximate surface area is 114 Å². The molecule has 1 unspecified atom stereocenters. The zero-order chi connectivity index (χ0) is 13.8. The number of ether oxygens (including phenoxy) is 1. The number of fused-ring (bicyclic) bond motifs is 1. The molecule has 4 heteroatoms. The maximum Gasteiger partial charge on any atom is 0.317 e. The van der Waals surface area contributed by atoms with E-state index >= 15 is 0 Å². The van der Waals surface area contributed by atoms with Crippen molar-refractivity contribution >= 4 is 5.97 Å². The Morgan fingerprint density at radius 3 is 2.89 bits per heavy atom. The lowest BCUT2D eigenvalue weighted by Gasteiger charge is -2.35. The minimum absolute atomic E-state index is 0.0449. The van der Waals surface area contributed by atoms with Crippen molar-refractivity contribution in [2.45, 2.75) is 26.5 Å². The van der Waals surface area contributed by atoms with Crippen LogP contribution < -0.4 is 0 Å². The third-order valence-corrected chi connectivity index (χ3v) is 3.33. The molecule has 2 rings (SSSR count). The monoisotopic (exact) mass is 263 g/mol. The first-order valence-electron chi connectivity index (χ1n) is 6.69. The van der Waals surface area contributed by atoms with Gasteiger partial charge in [-0.3, -0.25) is 9.69 Å². The van der Waals surface area contributed by atoms with E-state index in [-0.39, 0.29) is 12.6 Å². The van der Waals surface area contributed by atoms with E-state index in [1.165, 1.54) is 5.56 Å². The van der Waals surface area contributed by atoms with Crippen LogP contribution in [-0.2, 0) is 16.1 Å². The minimum atomic E-state index is -0.788. The third-order valence-electron chi connectivity index (χ3n) is 3.33. The smallest absolute Gasteiger partial charge is 0.317 e. The van der Waals surface area contributed by atoms with Gasteiger partial charge in [-0.25, -0.2) is 0 Å². The highest BCUT2D eigenvalue weighted by Gasteiger charge is 2.28. The average Bonchev–Trinajstić information content (AvgIpc) is 2.36. The van der Waals surface area contributed by atoms with Crippen molar-refractivity contribution in [1.29, 1.82) is 0 Å². The van der Waals surface area contributed by atoms with E-state index in [1.54, 1.807) is 0 Å². The van der Waals surface area contributed by atoms with Crippen molar-refractivity contribution in [3.8, 4) is 0 Å². The fraction of sp³-hybridized carbons (Fsp3) is 0.533. The number of hydrogen-bond donors (Lipinski definition) is 1. The molecule has 0 aliphatic carbocycles. The number of nitrogens with zero attached hydrogens (tertiary/aromatic N) is 1. The molecule has 0 aromatic heterocycles. The Morgan fingerprint density at radius 2 is 2.21 bits per heavy atom. The van der Waals surface area contributed by atoms with Gasteiger partial charge < -0.3 is 9.84 Å². The van der Waals surface area contributed by atoms with Gasteiger partial charge in [-0.2, -0.15) is 0 Å². The first-order chi connectivity index (χ1) is 9.08. The normalized spacial score (nSPS) is 18.6. The average molecular weight is 263 g/mol. The maximum atomic E-state index is 11.1. The molecule has 1 aromatic carbocycles. The molecule has 0 fully saturated rings. The van der Waals surface area contributed by atoms with Crippen LogP contribution in [0.15, 0.2) is 24.3 Å². The summed E-state index contributed by atoms with van der Waals surface area (Å²) in [4.78, 5) is 13.1. The predicted molar refractivity (Wildman–Crippen MR) is 72.9 cm³/mol. The molecule has 104 valence electrons. The van der Waals surface area contributed by atoms with Crippen LogP contribution in [0, 0.1) is 5.92 Å². The molecule has 0 saturated carbocycles. The lowest BCUT2D eigenvalue weighted by Crippen LogP contribution is -2.40. The molecule has 0 spiro atoms. The molecule has 1 N–H and O–H groups in total. The van der Waals surface area contributed by atoms with Crippen LogP contribution >= 0.6 is 0 Å². The van der Waals surface area contributed by atoms with Gasteiger partial charge in [-0.1, -0.05) is 38.1 Å². The summed E-state index contributed by atoms with van der Waals surface area (Å²) in [5.41, 5.74) is 2.37. The van der Waals surface area contributed by atoms with Gasteiger partial charge in [0, 0.05) is 6.54 Å². The highest BCUT2D eigenvalue weighted by atomic mass is 16.5. The van der Waals surface area contributed by atoms with Crippen molar-refractivity contribution in [1.82, 2.24) is 4.90 Å². The molecule has 1 heterocycles. The molecule has 1 atom stereocenters. The molecule has 0 amide bonds. The Kier molecular flexibility index (Phi) is 4.56. The summed E-state index contributed by atoms with van der Waals surface area (Å²) in [5.74, 6) is -0.364. The standard InChI is InChI=1S/C15H21NO3/c1-11(2)7-16(8-15(17)18)14-10-19-9-12-5-3-4-6-13(12)14/h3-6,11,14H,7-10H2,1-2H3,(H,17,18). The van der Waals surface area contributed by atoms with Crippen LogP contribution in [0.3, 0.4) is 0 Å². The number of hydrogen-bond acceptors (Lipinski definition) is 3. The molecular formula is C15H21NO3. The van der Waals surface area contributed by atoms with E-state index in [1.807, 2.05) is 17.0 Å². The summed E-state index contributed by atoms with van der Waals surface area (Å²) in [7, 11) is 0. The topological polar surface area (TPSA) is 49.8 Å². The van der Waals surface area contributed by atoms with Crippen molar-refractivity contribution in [2.24, 2.45) is 5.92 Å². The summed E-state index contributed by atoms with van der Waals surface area (Å²) >= 11 is 0. The van der Waals surface area contributed by atoms with E-state index in [0.717, 1.165) is 12.1 Å². The van der Waals surface area contributed by atoms with E-state index in [9.17, 15) is 4.79 Å². The third kappa shape index (κ3) is 3.55. The summed E-state index contributed by atoms with van der Waals surface area (Å²) < 4.78 is 5.62. The molecule has 0 radical (unpaired) electrons. The first kappa shape index (κ1) is 14.0. The molecule has 1 aliphatic rings. The Hall–Kier alpha value is -1.39. The van der Waals surface area contributed by atoms with Crippen molar-refractivity contribution in [2.75, 3.05) is 19.7 Å². The molecule has 0 saturated heterocycles. The van der Waals surface area contributed by atoms with Crippen LogP contribution in [0.5, 0.6) is 0 Å². The summed E-state index contributed by atoms with van der Waals surface area (Å²) in [6.45, 7) is 6.20. The number of carbonyl (C=O) groups is 1. The van der Waals surface area contributed by atoms with Crippen molar-refractivity contribution < 1.29 is 14.6 Å². The van der Waals surface area contributed by atoms with Gasteiger partial charge in [-0.05, 0) is 17.0 Å². The highest BCUT2D eigenvalue weighted by Crippen LogP contribution is 2.29. The van der Waals surface area contributed by atoms with Gasteiger partial charge in [0.2, 0.25) is 0 Å². The van der Waals surface area contributed by atoms with E-state index in [4.69, 9.17) is 9.84 Å². The van der Waals surface area contributed by atoms with Gasteiger partial charge >= 0.3 is 5.97 Å². The zero-order valence-corrected chi connectivity index (χ0v) is 11.5. The number of carboxylic acids is 1. The molecule has 1 aliphatic heterocycles. The van der Waals surface area contributed by atoms with E-state index in [2.05, 4.69) is 26.0 Å². The molecule has 4 nitrogen and oxygen atoms in total. The van der Waals surface area contributed by atoms with Crippen molar-refractivity contribution in [3.05, 3.63) is 35.4 Å². The molecular weight excluding hydrogens is 242 g/mol. The Balaban J connectivity index is 2.24. The highest BCUT2D eigenvalue weighted by molar-refractivity contribution is 5.69. The lowest BCUT2D eigenvalue weighted by molar-refractivity contribution is -0.139. The fourth-order valence-corrected chi connectivity index (χ4v) is 2.61. The summed E-state index contributed by atoms with van der Waals surface area (Å²) in [5, 5.41) is 9.09. The van der Waals surface area contributed by atoms with Crippen LogP contribution in [-0.4, -0.2) is 35.7 Å². The maximum absolute atomic E-state index is 11.1. The van der Waals surface area contributed by atoms with Crippen LogP contribution in [0.25, 0.3) is 0 Å². The second kappa shape index (κ2) is 6.17. The van der Waals surface area contributed by atoms with Gasteiger partial charge in [0.05, 0.1) is 25.8 Å². The minimum Gasteiger partial charge on any atom is -0.480 e. The first-order valence-corrected chi connectivity index (χ1v) is 6.69. The molecule has 19 heavy (non-hydrogen) atoms. The number of aliphatic carboxylic acids is 1. The van der Waals surface area contributed by atoms with Crippen LogP contribution in [0.4, 0.5) is 0 Å². The fourth-order valence-electron chi connectivity index (χ4n) is 2.61. The van der Waals surface area contributed by atoms with Gasteiger partial charge in [-0.15, -0.1) is 0 Å². The zero-order valence-electron chi connectivity index (χ0n) is 11.5. The van der Waals surface area contributed by atoms with Crippen LogP contribution in [0.2, 0.25) is 0 Å². The van der Waals surface area contributed by atoms with Gasteiger partial charge in [0.25, 0.3) is 0 Å². The van der Waals surface area contributed by atoms with Crippen molar-refractivity contribution in [3.63, 3.8) is 0 Å². The SMILES string of the molecule is CC(C)CN(CC(=O)O)C1COCc2ccccc21. The quantitative estimate of drug-likeness (QED) is 0.885. The summed E-state index contributed by atoms with van der Waals surface area (Å²) in [6, 6.07) is 8.18.